The number of piperazine rings is 1. The number of anilines is 1. The zero-order chi connectivity index (χ0) is 24.7. The van der Waals surface area contributed by atoms with Crippen molar-refractivity contribution >= 4 is 22.5 Å². The maximum absolute atomic E-state index is 12.9. The van der Waals surface area contributed by atoms with Gasteiger partial charge in [0.15, 0.2) is 5.13 Å². The molecule has 3 heterocycles. The fraction of sp³-hybridized carbons (Fsp3) is 0.643. The van der Waals surface area contributed by atoms with Gasteiger partial charge in [-0.2, -0.15) is 0 Å². The fourth-order valence-corrected chi connectivity index (χ4v) is 6.52. The highest BCUT2D eigenvalue weighted by Gasteiger charge is 2.24. The highest BCUT2D eigenvalue weighted by atomic mass is 32.1. The zero-order valence-corrected chi connectivity index (χ0v) is 22.4. The zero-order valence-electron chi connectivity index (χ0n) is 21.5. The second kappa shape index (κ2) is 12.4. The molecule has 2 amide bonds. The summed E-state index contributed by atoms with van der Waals surface area (Å²) in [6, 6.07) is 6.47. The summed E-state index contributed by atoms with van der Waals surface area (Å²) in [6.45, 7) is 6.34. The number of aromatic nitrogens is 1. The Morgan fingerprint density at radius 3 is 2.64 bits per heavy atom. The molecule has 0 unspecified atom stereocenters. The molecule has 0 spiro atoms. The minimum Gasteiger partial charge on any atom is -0.496 e. The lowest BCUT2D eigenvalue weighted by Gasteiger charge is -2.35. The molecule has 1 aromatic carbocycles. The van der Waals surface area contributed by atoms with Gasteiger partial charge in [-0.25, -0.2) is 9.78 Å². The number of carbonyl (C=O) groups excluding carboxylic acids is 1. The molecular weight excluding hydrogens is 472 g/mol. The smallest absolute Gasteiger partial charge is 0.323 e. The van der Waals surface area contributed by atoms with Gasteiger partial charge in [-0.1, -0.05) is 25.3 Å². The molecule has 5 rings (SSSR count). The van der Waals surface area contributed by atoms with E-state index in [0.29, 0.717) is 11.0 Å². The number of carbonyl (C=O) groups is 1. The lowest BCUT2D eigenvalue weighted by molar-refractivity contribution is 0.0576. The largest absolute Gasteiger partial charge is 0.496 e. The van der Waals surface area contributed by atoms with Gasteiger partial charge in [0.1, 0.15) is 5.75 Å². The molecule has 0 atom stereocenters. The Bertz CT molecular complexity index is 992. The number of benzene rings is 1. The van der Waals surface area contributed by atoms with E-state index in [2.05, 4.69) is 28.4 Å². The van der Waals surface area contributed by atoms with Gasteiger partial charge < -0.3 is 14.4 Å². The van der Waals surface area contributed by atoms with E-state index in [1.807, 2.05) is 10.3 Å². The first-order chi connectivity index (χ1) is 17.7. The third kappa shape index (κ3) is 6.39. The van der Waals surface area contributed by atoms with Crippen LogP contribution in [0.4, 0.5) is 9.93 Å². The van der Waals surface area contributed by atoms with Gasteiger partial charge in [-0.05, 0) is 68.2 Å². The summed E-state index contributed by atoms with van der Waals surface area (Å²) in [6.07, 6.45) is 10.1. The van der Waals surface area contributed by atoms with Crippen LogP contribution in [0.1, 0.15) is 62.8 Å². The second-order valence-corrected chi connectivity index (χ2v) is 11.3. The Morgan fingerprint density at radius 2 is 1.89 bits per heavy atom. The molecule has 0 bridgehead atoms. The predicted octanol–water partition coefficient (Wildman–Crippen LogP) is 5.83. The summed E-state index contributed by atoms with van der Waals surface area (Å²) in [7, 11) is 1.71. The lowest BCUT2D eigenvalue weighted by atomic mass is 9.83. The average molecular weight is 513 g/mol. The van der Waals surface area contributed by atoms with Crippen LogP contribution >= 0.6 is 11.3 Å². The van der Waals surface area contributed by atoms with Gasteiger partial charge in [0.25, 0.3) is 0 Å². The maximum atomic E-state index is 12.9. The van der Waals surface area contributed by atoms with Crippen molar-refractivity contribution in [3.63, 3.8) is 0 Å². The Hall–Kier alpha value is -2.16. The van der Waals surface area contributed by atoms with E-state index < -0.39 is 0 Å². The highest BCUT2D eigenvalue weighted by Crippen LogP contribution is 2.38. The summed E-state index contributed by atoms with van der Waals surface area (Å²) in [5.41, 5.74) is 3.25. The van der Waals surface area contributed by atoms with Crippen LogP contribution in [0, 0.1) is 5.92 Å². The van der Waals surface area contributed by atoms with Crippen molar-refractivity contribution in [2.24, 2.45) is 5.92 Å². The minimum absolute atomic E-state index is 0.0529. The number of methoxy groups -OCH3 is 1. The molecule has 1 N–H and O–H groups in total. The van der Waals surface area contributed by atoms with Crippen LogP contribution in [0.3, 0.4) is 0 Å². The van der Waals surface area contributed by atoms with Crippen molar-refractivity contribution in [2.75, 3.05) is 58.4 Å². The van der Waals surface area contributed by atoms with Crippen LogP contribution in [0.15, 0.2) is 23.6 Å². The summed E-state index contributed by atoms with van der Waals surface area (Å²) in [4.78, 5) is 22.1. The van der Waals surface area contributed by atoms with Crippen LogP contribution < -0.4 is 10.1 Å². The molecule has 3 fully saturated rings. The Labute approximate surface area is 219 Å². The van der Waals surface area contributed by atoms with Crippen LogP contribution in [0.5, 0.6) is 5.75 Å². The van der Waals surface area contributed by atoms with Gasteiger partial charge >= 0.3 is 6.03 Å². The summed E-state index contributed by atoms with van der Waals surface area (Å²) in [5.74, 6) is 2.24. The first-order valence-corrected chi connectivity index (χ1v) is 14.6. The molecule has 0 radical (unpaired) electrons. The topological polar surface area (TPSA) is 66.9 Å². The van der Waals surface area contributed by atoms with Crippen molar-refractivity contribution in [2.45, 2.75) is 57.3 Å². The van der Waals surface area contributed by atoms with E-state index in [0.717, 1.165) is 68.9 Å². The van der Waals surface area contributed by atoms with E-state index >= 15 is 0 Å². The normalized spacial score (nSPS) is 20.4. The monoisotopic (exact) mass is 512 g/mol. The van der Waals surface area contributed by atoms with Crippen LogP contribution in [0.25, 0.3) is 11.3 Å². The quantitative estimate of drug-likeness (QED) is 0.505. The standard InChI is InChI=1S/C28H40N4O3S/c1-34-26-8-7-23(22-5-3-2-4-6-22)19-24(26)25-20-36-27(29-25)30-28(33)32-15-13-31(14-16-32)12-9-21-10-17-35-18-11-21/h7-8,19-22H,2-6,9-18H2,1H3,(H,29,30,33). The van der Waals surface area contributed by atoms with E-state index in [-0.39, 0.29) is 6.03 Å². The molecule has 8 heteroatoms. The molecule has 2 aliphatic heterocycles. The maximum Gasteiger partial charge on any atom is 0.323 e. The first-order valence-electron chi connectivity index (χ1n) is 13.7. The Morgan fingerprint density at radius 1 is 1.11 bits per heavy atom. The number of ether oxygens (including phenoxy) is 2. The number of nitrogens with zero attached hydrogens (tertiary/aromatic N) is 3. The first kappa shape index (κ1) is 25.5. The molecule has 1 aromatic heterocycles. The summed E-state index contributed by atoms with van der Waals surface area (Å²) < 4.78 is 11.1. The van der Waals surface area contributed by atoms with Crippen molar-refractivity contribution in [1.82, 2.24) is 14.8 Å². The molecule has 3 aliphatic rings. The Balaban J connectivity index is 1.15. The number of urea groups is 1. The van der Waals surface area contributed by atoms with Crippen LogP contribution in [-0.2, 0) is 4.74 Å². The van der Waals surface area contributed by atoms with Gasteiger partial charge in [0, 0.05) is 50.3 Å². The third-order valence-corrected chi connectivity index (χ3v) is 8.91. The summed E-state index contributed by atoms with van der Waals surface area (Å²) in [5, 5.41) is 5.70. The van der Waals surface area contributed by atoms with E-state index in [4.69, 9.17) is 14.5 Å². The molecule has 196 valence electrons. The molecular formula is C28H40N4O3S. The number of rotatable bonds is 7. The molecule has 2 saturated heterocycles. The fourth-order valence-electron chi connectivity index (χ4n) is 5.82. The van der Waals surface area contributed by atoms with Crippen LogP contribution in [-0.4, -0.2) is 73.9 Å². The summed E-state index contributed by atoms with van der Waals surface area (Å²) >= 11 is 1.48. The average Bonchev–Trinajstić information content (AvgIpc) is 3.41. The van der Waals surface area contributed by atoms with E-state index in [9.17, 15) is 4.79 Å². The minimum atomic E-state index is -0.0529. The van der Waals surface area contributed by atoms with Crippen molar-refractivity contribution in [3.05, 3.63) is 29.1 Å². The molecule has 1 aliphatic carbocycles. The number of nitrogens with one attached hydrogen (secondary N) is 1. The Kier molecular flexibility index (Phi) is 8.77. The van der Waals surface area contributed by atoms with Gasteiger partial charge in [0.2, 0.25) is 0 Å². The van der Waals surface area contributed by atoms with Gasteiger partial charge in [0.05, 0.1) is 12.8 Å². The number of hydrogen-bond donors (Lipinski definition) is 1. The molecule has 1 saturated carbocycles. The molecule has 2 aromatic rings. The van der Waals surface area contributed by atoms with Gasteiger partial charge in [-0.3, -0.25) is 10.2 Å². The number of thiazole rings is 1. The van der Waals surface area contributed by atoms with E-state index in [1.54, 1.807) is 7.11 Å². The third-order valence-electron chi connectivity index (χ3n) is 8.15. The van der Waals surface area contributed by atoms with Crippen molar-refractivity contribution in [3.8, 4) is 17.0 Å². The predicted molar refractivity (Wildman–Crippen MR) is 145 cm³/mol. The van der Waals surface area contributed by atoms with Gasteiger partial charge in [-0.15, -0.1) is 11.3 Å². The SMILES string of the molecule is COc1ccc(C2CCCCC2)cc1-c1csc(NC(=O)N2CCN(CCC3CCOCC3)CC2)n1. The van der Waals surface area contributed by atoms with E-state index in [1.165, 1.54) is 68.3 Å². The number of hydrogen-bond acceptors (Lipinski definition) is 6. The van der Waals surface area contributed by atoms with Crippen LogP contribution in [0.2, 0.25) is 0 Å². The van der Waals surface area contributed by atoms with Crippen molar-refractivity contribution < 1.29 is 14.3 Å². The van der Waals surface area contributed by atoms with Crippen molar-refractivity contribution in [1.29, 1.82) is 0 Å². The second-order valence-electron chi connectivity index (χ2n) is 10.4. The molecule has 7 nitrogen and oxygen atoms in total. The molecule has 36 heavy (non-hydrogen) atoms. The number of amides is 2. The highest BCUT2D eigenvalue weighted by molar-refractivity contribution is 7.14. The lowest BCUT2D eigenvalue weighted by Crippen LogP contribution is -2.50.